The summed E-state index contributed by atoms with van der Waals surface area (Å²) in [7, 11) is 0. The monoisotopic (exact) mass is 321 g/mol. The van der Waals surface area contributed by atoms with Crippen molar-refractivity contribution in [3.05, 3.63) is 56.8 Å². The SMILES string of the molecule is Cc1cc(Cl)c(CN2CCc3c(N)cccc3C2)c(Cl)n1. The molecule has 2 aromatic rings. The van der Waals surface area contributed by atoms with Crippen LogP contribution < -0.4 is 5.73 Å². The van der Waals surface area contributed by atoms with Crippen molar-refractivity contribution in [3.63, 3.8) is 0 Å². The maximum atomic E-state index is 6.31. The third-order valence-corrected chi connectivity index (χ3v) is 4.56. The lowest BCUT2D eigenvalue weighted by molar-refractivity contribution is 0.245. The van der Waals surface area contributed by atoms with Crippen molar-refractivity contribution < 1.29 is 0 Å². The van der Waals surface area contributed by atoms with Crippen molar-refractivity contribution in [3.8, 4) is 0 Å². The molecule has 1 aliphatic heterocycles. The van der Waals surface area contributed by atoms with Crippen LogP contribution in [0.2, 0.25) is 10.2 Å². The number of rotatable bonds is 2. The van der Waals surface area contributed by atoms with E-state index >= 15 is 0 Å². The lowest BCUT2D eigenvalue weighted by atomic mass is 9.98. The van der Waals surface area contributed by atoms with E-state index in [0.29, 0.717) is 16.7 Å². The van der Waals surface area contributed by atoms with Crippen molar-refractivity contribution >= 4 is 28.9 Å². The van der Waals surface area contributed by atoms with Crippen molar-refractivity contribution in [1.82, 2.24) is 9.88 Å². The van der Waals surface area contributed by atoms with E-state index in [4.69, 9.17) is 28.9 Å². The smallest absolute Gasteiger partial charge is 0.135 e. The van der Waals surface area contributed by atoms with E-state index in [1.54, 1.807) is 0 Å². The summed E-state index contributed by atoms with van der Waals surface area (Å²) in [6.45, 7) is 4.41. The first-order valence-electron chi connectivity index (χ1n) is 6.94. The van der Waals surface area contributed by atoms with E-state index in [-0.39, 0.29) is 0 Å². The summed E-state index contributed by atoms with van der Waals surface area (Å²) >= 11 is 12.5. The van der Waals surface area contributed by atoms with E-state index in [1.807, 2.05) is 25.1 Å². The molecule has 0 aliphatic carbocycles. The number of aromatic nitrogens is 1. The van der Waals surface area contributed by atoms with Crippen LogP contribution in [-0.4, -0.2) is 16.4 Å². The zero-order chi connectivity index (χ0) is 15.0. The Balaban J connectivity index is 1.82. The molecule has 1 aliphatic rings. The van der Waals surface area contributed by atoms with Crippen LogP contribution in [0.4, 0.5) is 5.69 Å². The molecule has 21 heavy (non-hydrogen) atoms. The number of fused-ring (bicyclic) bond motifs is 1. The summed E-state index contributed by atoms with van der Waals surface area (Å²) in [5.74, 6) is 0. The number of benzene rings is 1. The average molecular weight is 322 g/mol. The molecule has 0 unspecified atom stereocenters. The second kappa shape index (κ2) is 5.84. The van der Waals surface area contributed by atoms with Gasteiger partial charge in [-0.1, -0.05) is 35.3 Å². The maximum Gasteiger partial charge on any atom is 0.135 e. The van der Waals surface area contributed by atoms with Gasteiger partial charge in [-0.25, -0.2) is 4.98 Å². The molecule has 3 rings (SSSR count). The van der Waals surface area contributed by atoms with Gasteiger partial charge < -0.3 is 5.73 Å². The van der Waals surface area contributed by atoms with E-state index < -0.39 is 0 Å². The molecule has 0 bridgehead atoms. The highest BCUT2D eigenvalue weighted by Crippen LogP contribution is 2.29. The molecule has 1 aromatic carbocycles. The molecule has 0 saturated heterocycles. The van der Waals surface area contributed by atoms with Gasteiger partial charge in [0.1, 0.15) is 5.15 Å². The third kappa shape index (κ3) is 3.00. The number of nitrogens with zero attached hydrogens (tertiary/aromatic N) is 2. The zero-order valence-corrected chi connectivity index (χ0v) is 13.4. The largest absolute Gasteiger partial charge is 0.398 e. The Morgan fingerprint density at radius 3 is 2.90 bits per heavy atom. The number of hydrogen-bond donors (Lipinski definition) is 1. The Morgan fingerprint density at radius 2 is 2.14 bits per heavy atom. The number of pyridine rings is 1. The summed E-state index contributed by atoms with van der Waals surface area (Å²) in [5, 5.41) is 1.18. The molecule has 0 fully saturated rings. The molecule has 0 atom stereocenters. The minimum atomic E-state index is 0.498. The van der Waals surface area contributed by atoms with Crippen molar-refractivity contribution in [2.24, 2.45) is 0 Å². The Labute approximate surface area is 134 Å². The number of nitrogen functional groups attached to an aromatic ring is 1. The number of hydrogen-bond acceptors (Lipinski definition) is 3. The quantitative estimate of drug-likeness (QED) is 0.675. The molecular formula is C16H17Cl2N3. The minimum Gasteiger partial charge on any atom is -0.398 e. The van der Waals surface area contributed by atoms with E-state index in [2.05, 4.69) is 16.0 Å². The molecule has 0 amide bonds. The zero-order valence-electron chi connectivity index (χ0n) is 11.9. The van der Waals surface area contributed by atoms with Gasteiger partial charge in [-0.2, -0.15) is 0 Å². The van der Waals surface area contributed by atoms with Gasteiger partial charge in [-0.15, -0.1) is 0 Å². The van der Waals surface area contributed by atoms with Crippen molar-refractivity contribution in [2.45, 2.75) is 26.4 Å². The molecule has 0 saturated carbocycles. The fourth-order valence-electron chi connectivity index (χ4n) is 2.82. The van der Waals surface area contributed by atoms with Gasteiger partial charge in [-0.05, 0) is 36.6 Å². The van der Waals surface area contributed by atoms with Crippen LogP contribution in [0.3, 0.4) is 0 Å². The summed E-state index contributed by atoms with van der Waals surface area (Å²) in [5.41, 5.74) is 11.2. The Hall–Kier alpha value is -1.29. The van der Waals surface area contributed by atoms with Gasteiger partial charge in [0.2, 0.25) is 0 Å². The van der Waals surface area contributed by atoms with Crippen LogP contribution >= 0.6 is 23.2 Å². The summed E-state index contributed by atoms with van der Waals surface area (Å²) in [6.07, 6.45) is 0.955. The highest BCUT2D eigenvalue weighted by molar-refractivity contribution is 6.35. The Morgan fingerprint density at radius 1 is 1.33 bits per heavy atom. The normalized spacial score (nSPS) is 15.0. The van der Waals surface area contributed by atoms with E-state index in [1.165, 1.54) is 11.1 Å². The molecule has 2 N–H and O–H groups in total. The summed E-state index contributed by atoms with van der Waals surface area (Å²) in [4.78, 5) is 6.62. The van der Waals surface area contributed by atoms with Crippen LogP contribution in [-0.2, 0) is 19.5 Å². The Bertz CT molecular complexity index is 662. The van der Waals surface area contributed by atoms with Crippen molar-refractivity contribution in [2.75, 3.05) is 12.3 Å². The lowest BCUT2D eigenvalue weighted by Gasteiger charge is -2.30. The summed E-state index contributed by atoms with van der Waals surface area (Å²) < 4.78 is 0. The average Bonchev–Trinajstić information content (AvgIpc) is 2.43. The van der Waals surface area contributed by atoms with Crippen LogP contribution in [0.5, 0.6) is 0 Å². The maximum absolute atomic E-state index is 6.31. The molecule has 2 heterocycles. The fourth-order valence-corrected chi connectivity index (χ4v) is 3.47. The highest BCUT2D eigenvalue weighted by atomic mass is 35.5. The first-order valence-corrected chi connectivity index (χ1v) is 7.70. The van der Waals surface area contributed by atoms with Gasteiger partial charge in [0, 0.05) is 41.6 Å². The molecular weight excluding hydrogens is 305 g/mol. The van der Waals surface area contributed by atoms with Crippen LogP contribution in [0.15, 0.2) is 24.3 Å². The molecule has 0 spiro atoms. The van der Waals surface area contributed by atoms with Crippen LogP contribution in [0.25, 0.3) is 0 Å². The van der Waals surface area contributed by atoms with Gasteiger partial charge in [0.05, 0.1) is 0 Å². The molecule has 1 aromatic heterocycles. The second-order valence-corrected chi connectivity index (χ2v) is 6.23. The van der Waals surface area contributed by atoms with E-state index in [0.717, 1.165) is 36.5 Å². The molecule has 0 radical (unpaired) electrons. The summed E-state index contributed by atoms with van der Waals surface area (Å²) in [6, 6.07) is 7.96. The van der Waals surface area contributed by atoms with Crippen LogP contribution in [0, 0.1) is 6.92 Å². The minimum absolute atomic E-state index is 0.498. The van der Waals surface area contributed by atoms with Crippen LogP contribution in [0.1, 0.15) is 22.4 Å². The van der Waals surface area contributed by atoms with Gasteiger partial charge in [-0.3, -0.25) is 4.90 Å². The van der Waals surface area contributed by atoms with Gasteiger partial charge in [0.25, 0.3) is 0 Å². The van der Waals surface area contributed by atoms with E-state index in [9.17, 15) is 0 Å². The molecule has 5 heteroatoms. The second-order valence-electron chi connectivity index (χ2n) is 5.46. The standard InChI is InChI=1S/C16H17Cl2N3/c1-10-7-14(17)13(16(18)20-10)9-21-6-5-12-11(8-21)3-2-4-15(12)19/h2-4,7H,5-6,8-9,19H2,1H3. The lowest BCUT2D eigenvalue weighted by Crippen LogP contribution is -2.30. The topological polar surface area (TPSA) is 42.1 Å². The van der Waals surface area contributed by atoms with Crippen molar-refractivity contribution in [1.29, 1.82) is 0 Å². The number of halogens is 2. The van der Waals surface area contributed by atoms with Gasteiger partial charge in [0.15, 0.2) is 0 Å². The Kier molecular flexibility index (Phi) is 4.07. The first kappa shape index (κ1) is 14.6. The van der Waals surface area contributed by atoms with Gasteiger partial charge >= 0.3 is 0 Å². The fraction of sp³-hybridized carbons (Fsp3) is 0.312. The third-order valence-electron chi connectivity index (χ3n) is 3.91. The predicted octanol–water partition coefficient (Wildman–Crippen LogP) is 3.84. The molecule has 3 nitrogen and oxygen atoms in total. The predicted molar refractivity (Wildman–Crippen MR) is 87.7 cm³/mol. The molecule has 110 valence electrons. The number of nitrogens with two attached hydrogens (primary N) is 1. The number of aryl methyl sites for hydroxylation is 1. The first-order chi connectivity index (χ1) is 10.0. The number of anilines is 1. The highest BCUT2D eigenvalue weighted by Gasteiger charge is 2.20.